The van der Waals surface area contributed by atoms with Gasteiger partial charge in [0, 0.05) is 0 Å². The van der Waals surface area contributed by atoms with Gasteiger partial charge in [0.15, 0.2) is 0 Å². The third-order valence-electron chi connectivity index (χ3n) is 5.52. The van der Waals surface area contributed by atoms with Crippen LogP contribution in [0.3, 0.4) is 0 Å². The predicted octanol–water partition coefficient (Wildman–Crippen LogP) is 6.82. The predicted molar refractivity (Wildman–Crippen MR) is 105 cm³/mol. The van der Waals surface area contributed by atoms with E-state index in [1.807, 2.05) is 0 Å². The first-order chi connectivity index (χ1) is 11.6. The van der Waals surface area contributed by atoms with E-state index in [0.29, 0.717) is 5.92 Å². The quantitative estimate of drug-likeness (QED) is 0.487. The summed E-state index contributed by atoms with van der Waals surface area (Å²) in [6.07, 6.45) is 5.18. The van der Waals surface area contributed by atoms with E-state index in [-0.39, 0.29) is 0 Å². The van der Waals surface area contributed by atoms with Gasteiger partial charge in [-0.3, -0.25) is 0 Å². The lowest BCUT2D eigenvalue weighted by molar-refractivity contribution is 0.683. The third kappa shape index (κ3) is 2.65. The molecule has 0 aliphatic heterocycles. The Morgan fingerprint density at radius 2 is 1.38 bits per heavy atom. The molecule has 0 fully saturated rings. The van der Waals surface area contributed by atoms with Crippen molar-refractivity contribution >= 4 is 10.8 Å². The van der Waals surface area contributed by atoms with Crippen molar-refractivity contribution < 1.29 is 0 Å². The summed E-state index contributed by atoms with van der Waals surface area (Å²) in [5.41, 5.74) is 8.92. The van der Waals surface area contributed by atoms with Crippen LogP contribution in [0.15, 0.2) is 48.5 Å². The zero-order valence-corrected chi connectivity index (χ0v) is 15.0. The molecule has 3 aromatic rings. The highest BCUT2D eigenvalue weighted by Crippen LogP contribution is 2.37. The minimum Gasteiger partial charge on any atom is -0.0616 e. The van der Waals surface area contributed by atoms with E-state index < -0.39 is 0 Å². The fourth-order valence-corrected chi connectivity index (χ4v) is 4.16. The molecule has 0 heterocycles. The second-order valence-corrected chi connectivity index (χ2v) is 7.58. The van der Waals surface area contributed by atoms with Crippen molar-refractivity contribution in [2.75, 3.05) is 0 Å². The minimum atomic E-state index is 0.554. The van der Waals surface area contributed by atoms with Crippen LogP contribution in [0.5, 0.6) is 0 Å². The molecule has 122 valence electrons. The van der Waals surface area contributed by atoms with E-state index in [2.05, 4.69) is 69.3 Å². The Hall–Kier alpha value is -2.08. The standard InChI is InChI=1S/C24H26/c1-16(2)22-13-19-9-6-7-11-21(19)15-24(22)23-14-20-10-5-4-8-18(20)12-17(23)3/h4-5,8,10,12-16H,6-7,9,11H2,1-3H3. The second-order valence-electron chi connectivity index (χ2n) is 7.58. The first kappa shape index (κ1) is 15.4. The van der Waals surface area contributed by atoms with Gasteiger partial charge in [0.1, 0.15) is 0 Å². The van der Waals surface area contributed by atoms with E-state index in [1.165, 1.54) is 58.7 Å². The Kier molecular flexibility index (Phi) is 3.92. The fraction of sp³-hybridized carbons (Fsp3) is 0.333. The van der Waals surface area contributed by atoms with Gasteiger partial charge in [-0.1, -0.05) is 56.3 Å². The normalized spacial score (nSPS) is 14.2. The molecule has 0 amide bonds. The Labute approximate surface area is 145 Å². The maximum atomic E-state index is 2.50. The molecular formula is C24H26. The summed E-state index contributed by atoms with van der Waals surface area (Å²) >= 11 is 0. The number of rotatable bonds is 2. The lowest BCUT2D eigenvalue weighted by Gasteiger charge is -2.23. The number of fused-ring (bicyclic) bond motifs is 2. The molecular weight excluding hydrogens is 288 g/mol. The van der Waals surface area contributed by atoms with Gasteiger partial charge < -0.3 is 0 Å². The average Bonchev–Trinajstić information content (AvgIpc) is 2.60. The highest BCUT2D eigenvalue weighted by atomic mass is 14.2. The van der Waals surface area contributed by atoms with E-state index in [9.17, 15) is 0 Å². The van der Waals surface area contributed by atoms with Crippen LogP contribution in [0.4, 0.5) is 0 Å². The zero-order valence-electron chi connectivity index (χ0n) is 15.0. The largest absolute Gasteiger partial charge is 0.0616 e. The maximum absolute atomic E-state index is 2.50. The molecule has 0 aromatic heterocycles. The second kappa shape index (κ2) is 6.09. The van der Waals surface area contributed by atoms with Crippen LogP contribution in [0.25, 0.3) is 21.9 Å². The summed E-state index contributed by atoms with van der Waals surface area (Å²) < 4.78 is 0. The van der Waals surface area contributed by atoms with E-state index in [4.69, 9.17) is 0 Å². The van der Waals surface area contributed by atoms with Gasteiger partial charge in [0.05, 0.1) is 0 Å². The molecule has 0 atom stereocenters. The first-order valence-electron chi connectivity index (χ1n) is 9.29. The molecule has 0 bridgehead atoms. The van der Waals surface area contributed by atoms with Crippen LogP contribution in [0.1, 0.15) is 54.9 Å². The molecule has 0 nitrogen and oxygen atoms in total. The summed E-state index contributed by atoms with van der Waals surface area (Å²) in [6, 6.07) is 18.4. The SMILES string of the molecule is Cc1cc2ccccc2cc1-c1cc2c(cc1C(C)C)CCCC2. The molecule has 1 aliphatic rings. The smallest absolute Gasteiger partial charge is 0.0143 e. The van der Waals surface area contributed by atoms with Crippen molar-refractivity contribution in [3.8, 4) is 11.1 Å². The summed E-state index contributed by atoms with van der Waals surface area (Å²) in [7, 11) is 0. The zero-order chi connectivity index (χ0) is 16.7. The lowest BCUT2D eigenvalue weighted by atomic mass is 9.82. The number of hydrogen-bond donors (Lipinski definition) is 0. The highest BCUT2D eigenvalue weighted by molar-refractivity contribution is 5.89. The van der Waals surface area contributed by atoms with Gasteiger partial charge in [-0.2, -0.15) is 0 Å². The molecule has 0 radical (unpaired) electrons. The van der Waals surface area contributed by atoms with Gasteiger partial charge in [0.2, 0.25) is 0 Å². The Morgan fingerprint density at radius 3 is 2.04 bits per heavy atom. The first-order valence-corrected chi connectivity index (χ1v) is 9.29. The molecule has 0 heteroatoms. The highest BCUT2D eigenvalue weighted by Gasteiger charge is 2.17. The molecule has 0 unspecified atom stereocenters. The van der Waals surface area contributed by atoms with Crippen LogP contribution in [0.2, 0.25) is 0 Å². The molecule has 0 spiro atoms. The fourth-order valence-electron chi connectivity index (χ4n) is 4.16. The van der Waals surface area contributed by atoms with Gasteiger partial charge in [-0.25, -0.2) is 0 Å². The topological polar surface area (TPSA) is 0 Å². The van der Waals surface area contributed by atoms with Gasteiger partial charge in [-0.05, 0) is 88.7 Å². The number of aryl methyl sites for hydroxylation is 3. The summed E-state index contributed by atoms with van der Waals surface area (Å²) in [5.74, 6) is 0.554. The summed E-state index contributed by atoms with van der Waals surface area (Å²) in [5, 5.41) is 2.67. The maximum Gasteiger partial charge on any atom is -0.0143 e. The Balaban J connectivity index is 1.96. The monoisotopic (exact) mass is 314 g/mol. The van der Waals surface area contributed by atoms with Crippen LogP contribution in [0, 0.1) is 6.92 Å². The van der Waals surface area contributed by atoms with Gasteiger partial charge in [-0.15, -0.1) is 0 Å². The minimum absolute atomic E-state index is 0.554. The number of benzene rings is 3. The van der Waals surface area contributed by atoms with Crippen molar-refractivity contribution in [2.45, 2.75) is 52.4 Å². The van der Waals surface area contributed by atoms with E-state index in [0.717, 1.165) is 0 Å². The molecule has 24 heavy (non-hydrogen) atoms. The molecule has 0 saturated carbocycles. The van der Waals surface area contributed by atoms with E-state index >= 15 is 0 Å². The molecule has 3 aromatic carbocycles. The summed E-state index contributed by atoms with van der Waals surface area (Å²) in [4.78, 5) is 0. The van der Waals surface area contributed by atoms with Crippen LogP contribution < -0.4 is 0 Å². The Morgan fingerprint density at radius 1 is 0.750 bits per heavy atom. The molecule has 1 aliphatic carbocycles. The summed E-state index contributed by atoms with van der Waals surface area (Å²) in [6.45, 7) is 6.90. The van der Waals surface area contributed by atoms with Gasteiger partial charge >= 0.3 is 0 Å². The van der Waals surface area contributed by atoms with Crippen LogP contribution >= 0.6 is 0 Å². The third-order valence-corrected chi connectivity index (χ3v) is 5.52. The molecule has 0 N–H and O–H groups in total. The van der Waals surface area contributed by atoms with Crippen LogP contribution in [-0.2, 0) is 12.8 Å². The van der Waals surface area contributed by atoms with E-state index in [1.54, 1.807) is 11.1 Å². The van der Waals surface area contributed by atoms with Crippen molar-refractivity contribution in [3.05, 3.63) is 70.8 Å². The number of hydrogen-bond acceptors (Lipinski definition) is 0. The van der Waals surface area contributed by atoms with Crippen molar-refractivity contribution in [3.63, 3.8) is 0 Å². The van der Waals surface area contributed by atoms with Crippen molar-refractivity contribution in [1.82, 2.24) is 0 Å². The van der Waals surface area contributed by atoms with Crippen molar-refractivity contribution in [2.24, 2.45) is 0 Å². The molecule has 0 saturated heterocycles. The average molecular weight is 314 g/mol. The van der Waals surface area contributed by atoms with Gasteiger partial charge in [0.25, 0.3) is 0 Å². The van der Waals surface area contributed by atoms with Crippen molar-refractivity contribution in [1.29, 1.82) is 0 Å². The van der Waals surface area contributed by atoms with Crippen LogP contribution in [-0.4, -0.2) is 0 Å². The molecule has 4 rings (SSSR count). The Bertz CT molecular complexity index is 899. The lowest BCUT2D eigenvalue weighted by Crippen LogP contribution is -2.06.